The van der Waals surface area contributed by atoms with Crippen LogP contribution in [0.1, 0.15) is 66.4 Å². The zero-order valence-electron chi connectivity index (χ0n) is 18.6. The highest BCUT2D eigenvalue weighted by atomic mass is 19.1. The minimum absolute atomic E-state index is 0.0773. The van der Waals surface area contributed by atoms with Gasteiger partial charge in [0.15, 0.2) is 0 Å². The molecule has 2 atom stereocenters. The van der Waals surface area contributed by atoms with Crippen LogP contribution in [0.2, 0.25) is 0 Å². The Morgan fingerprint density at radius 1 is 1.16 bits per heavy atom. The molecule has 7 nitrogen and oxygen atoms in total. The Balaban J connectivity index is 0.000000174. The van der Waals surface area contributed by atoms with E-state index in [0.717, 1.165) is 19.1 Å². The summed E-state index contributed by atoms with van der Waals surface area (Å²) in [5.41, 5.74) is 1.11. The minimum atomic E-state index is -0.702. The minimum Gasteiger partial charge on any atom is -0.380 e. The van der Waals surface area contributed by atoms with Gasteiger partial charge in [-0.25, -0.2) is 4.39 Å². The first-order valence-electron chi connectivity index (χ1n) is 11.7. The van der Waals surface area contributed by atoms with Crippen molar-refractivity contribution in [1.29, 1.82) is 0 Å². The fraction of sp³-hybridized carbons (Fsp3) is 0.625. The zero-order valence-corrected chi connectivity index (χ0v) is 18.6. The third-order valence-electron chi connectivity index (χ3n) is 6.92. The number of rotatable bonds is 4. The molecule has 2 saturated heterocycles. The number of carbonyl (C=O) groups excluding carboxylic acids is 3. The predicted octanol–water partition coefficient (Wildman–Crippen LogP) is 2.45. The van der Waals surface area contributed by atoms with Crippen molar-refractivity contribution in [3.63, 3.8) is 0 Å². The van der Waals surface area contributed by atoms with Crippen molar-refractivity contribution in [3.05, 3.63) is 34.6 Å². The van der Waals surface area contributed by atoms with Crippen LogP contribution in [0.15, 0.2) is 12.1 Å². The second kappa shape index (κ2) is 10.1. The Hall–Kier alpha value is -2.32. The molecule has 5 rings (SSSR count). The molecular formula is C24H32FN3O4. The van der Waals surface area contributed by atoms with Crippen LogP contribution in [0.4, 0.5) is 4.39 Å². The largest absolute Gasteiger partial charge is 0.380 e. The maximum absolute atomic E-state index is 14.0. The summed E-state index contributed by atoms with van der Waals surface area (Å²) in [5.74, 6) is -0.594. The summed E-state index contributed by atoms with van der Waals surface area (Å²) in [6.07, 6.45) is 7.37. The van der Waals surface area contributed by atoms with Gasteiger partial charge in [-0.05, 0) is 63.1 Å². The van der Waals surface area contributed by atoms with Gasteiger partial charge < -0.3 is 15.0 Å². The number of amides is 3. The van der Waals surface area contributed by atoms with Gasteiger partial charge in [0.05, 0.1) is 13.2 Å². The summed E-state index contributed by atoms with van der Waals surface area (Å²) in [6.45, 7) is 4.85. The molecule has 3 aliphatic heterocycles. The summed E-state index contributed by atoms with van der Waals surface area (Å²) in [5, 5.41) is 5.81. The second-order valence-corrected chi connectivity index (χ2v) is 9.24. The standard InChI is InChI=1S/C14H13FN2O3.C10H19NO/c1-7-2-3-8-9(12(7)15)6-17(14(8)20)10-4-5-11(18)16-13(10)19;1-3-9(4-1)7-11-10-5-2-6-12-8-10/h2-3,10H,4-6H2,1H3,(H,16,18,19);9-11H,1-8H2. The van der Waals surface area contributed by atoms with Crippen molar-refractivity contribution in [2.24, 2.45) is 5.92 Å². The molecule has 3 heterocycles. The van der Waals surface area contributed by atoms with Crippen molar-refractivity contribution in [2.45, 2.75) is 70.5 Å². The highest BCUT2D eigenvalue weighted by molar-refractivity contribution is 6.05. The van der Waals surface area contributed by atoms with Crippen LogP contribution in [0.25, 0.3) is 0 Å². The number of halogens is 1. The summed E-state index contributed by atoms with van der Waals surface area (Å²) >= 11 is 0. The number of piperidine rings is 1. The van der Waals surface area contributed by atoms with E-state index >= 15 is 0 Å². The molecule has 1 aromatic carbocycles. The average Bonchev–Trinajstić information content (AvgIpc) is 3.08. The highest BCUT2D eigenvalue weighted by Crippen LogP contribution is 2.30. The van der Waals surface area contributed by atoms with Gasteiger partial charge >= 0.3 is 0 Å². The van der Waals surface area contributed by atoms with E-state index in [-0.39, 0.29) is 31.2 Å². The van der Waals surface area contributed by atoms with Crippen molar-refractivity contribution in [3.8, 4) is 0 Å². The smallest absolute Gasteiger partial charge is 0.255 e. The van der Waals surface area contributed by atoms with E-state index in [9.17, 15) is 18.8 Å². The Morgan fingerprint density at radius 2 is 1.97 bits per heavy atom. The van der Waals surface area contributed by atoms with Crippen LogP contribution in [0.3, 0.4) is 0 Å². The quantitative estimate of drug-likeness (QED) is 0.696. The third kappa shape index (κ3) is 5.02. The van der Waals surface area contributed by atoms with Gasteiger partial charge in [-0.3, -0.25) is 19.7 Å². The normalized spacial score (nSPS) is 25.6. The molecule has 1 saturated carbocycles. The molecule has 174 valence electrons. The van der Waals surface area contributed by atoms with E-state index in [1.807, 2.05) is 0 Å². The van der Waals surface area contributed by atoms with Crippen LogP contribution in [0.5, 0.6) is 0 Å². The van der Waals surface area contributed by atoms with E-state index in [1.165, 1.54) is 43.5 Å². The number of hydrogen-bond acceptors (Lipinski definition) is 5. The molecule has 3 amide bonds. The maximum Gasteiger partial charge on any atom is 0.255 e. The topological polar surface area (TPSA) is 87.7 Å². The Morgan fingerprint density at radius 3 is 2.62 bits per heavy atom. The van der Waals surface area contributed by atoms with Crippen molar-refractivity contribution in [2.75, 3.05) is 19.8 Å². The summed E-state index contributed by atoms with van der Waals surface area (Å²) in [7, 11) is 0. The number of benzene rings is 1. The lowest BCUT2D eigenvalue weighted by Gasteiger charge is -2.29. The molecule has 8 heteroatoms. The summed E-state index contributed by atoms with van der Waals surface area (Å²) < 4.78 is 19.4. The van der Waals surface area contributed by atoms with Gasteiger partial charge in [0.2, 0.25) is 11.8 Å². The van der Waals surface area contributed by atoms with Crippen LogP contribution in [-0.4, -0.2) is 54.5 Å². The zero-order chi connectivity index (χ0) is 22.7. The van der Waals surface area contributed by atoms with E-state index in [4.69, 9.17) is 4.74 Å². The Kier molecular flexibility index (Phi) is 7.20. The fourth-order valence-corrected chi connectivity index (χ4v) is 4.65. The molecule has 3 fully saturated rings. The molecule has 0 spiro atoms. The fourth-order valence-electron chi connectivity index (χ4n) is 4.65. The van der Waals surface area contributed by atoms with Gasteiger partial charge in [-0.2, -0.15) is 0 Å². The monoisotopic (exact) mass is 445 g/mol. The molecule has 32 heavy (non-hydrogen) atoms. The van der Waals surface area contributed by atoms with E-state index in [0.29, 0.717) is 22.7 Å². The Bertz CT molecular complexity index is 880. The number of hydrogen-bond donors (Lipinski definition) is 2. The summed E-state index contributed by atoms with van der Waals surface area (Å²) in [4.78, 5) is 36.6. The number of nitrogens with zero attached hydrogens (tertiary/aromatic N) is 1. The highest BCUT2D eigenvalue weighted by Gasteiger charge is 2.40. The molecule has 2 N–H and O–H groups in total. The van der Waals surface area contributed by atoms with Crippen molar-refractivity contribution in [1.82, 2.24) is 15.5 Å². The lowest BCUT2D eigenvalue weighted by Crippen LogP contribution is -2.52. The Labute approximate surface area is 188 Å². The van der Waals surface area contributed by atoms with Gasteiger partial charge in [0.25, 0.3) is 5.91 Å². The number of fused-ring (bicyclic) bond motifs is 1. The first kappa shape index (κ1) is 22.9. The van der Waals surface area contributed by atoms with Gasteiger partial charge in [0.1, 0.15) is 11.9 Å². The number of ether oxygens (including phenoxy) is 1. The predicted molar refractivity (Wildman–Crippen MR) is 116 cm³/mol. The molecule has 1 aromatic rings. The average molecular weight is 446 g/mol. The molecule has 0 aromatic heterocycles. The van der Waals surface area contributed by atoms with Gasteiger partial charge in [-0.1, -0.05) is 12.5 Å². The molecule has 1 aliphatic carbocycles. The molecule has 0 bridgehead atoms. The van der Waals surface area contributed by atoms with E-state index in [1.54, 1.807) is 19.1 Å². The van der Waals surface area contributed by atoms with E-state index in [2.05, 4.69) is 10.6 Å². The van der Waals surface area contributed by atoms with Gasteiger partial charge in [-0.15, -0.1) is 0 Å². The van der Waals surface area contributed by atoms with Crippen molar-refractivity contribution < 1.29 is 23.5 Å². The van der Waals surface area contributed by atoms with Crippen molar-refractivity contribution >= 4 is 17.7 Å². The lowest BCUT2D eigenvalue weighted by atomic mass is 9.85. The number of aryl methyl sites for hydroxylation is 1. The lowest BCUT2D eigenvalue weighted by molar-refractivity contribution is -0.136. The molecule has 4 aliphatic rings. The molecule has 0 radical (unpaired) electrons. The van der Waals surface area contributed by atoms with Crippen LogP contribution >= 0.6 is 0 Å². The van der Waals surface area contributed by atoms with E-state index < -0.39 is 17.8 Å². The molecule has 2 unspecified atom stereocenters. The first-order valence-corrected chi connectivity index (χ1v) is 11.7. The summed E-state index contributed by atoms with van der Waals surface area (Å²) in [6, 6.07) is 3.09. The maximum atomic E-state index is 14.0. The number of nitrogens with one attached hydrogen (secondary N) is 2. The second-order valence-electron chi connectivity index (χ2n) is 9.24. The number of carbonyl (C=O) groups is 3. The number of imide groups is 1. The van der Waals surface area contributed by atoms with Crippen LogP contribution in [-0.2, 0) is 20.9 Å². The SMILES string of the molecule is C1CC(CNC2CCCOC2)C1.Cc1ccc2c(c1F)CN(C1CCC(=O)NC1=O)C2=O. The van der Waals surface area contributed by atoms with Gasteiger partial charge in [0, 0.05) is 30.2 Å². The van der Waals surface area contributed by atoms with Crippen LogP contribution < -0.4 is 10.6 Å². The third-order valence-corrected chi connectivity index (χ3v) is 6.92. The van der Waals surface area contributed by atoms with Crippen LogP contribution in [0, 0.1) is 18.7 Å². The molecular weight excluding hydrogens is 413 g/mol. The first-order chi connectivity index (χ1) is 15.4.